The molecule has 1 aromatic carbocycles. The highest BCUT2D eigenvalue weighted by molar-refractivity contribution is 7.13. The SMILES string of the molecule is CC(C)(C)c1csc(-c2cc(Cl)ccc2F)n1. The van der Waals surface area contributed by atoms with Crippen molar-refractivity contribution in [3.63, 3.8) is 0 Å². The van der Waals surface area contributed by atoms with Crippen molar-refractivity contribution < 1.29 is 4.39 Å². The van der Waals surface area contributed by atoms with E-state index in [1.54, 1.807) is 12.1 Å². The minimum absolute atomic E-state index is 0.0240. The number of aromatic nitrogens is 1. The summed E-state index contributed by atoms with van der Waals surface area (Å²) in [6, 6.07) is 4.52. The van der Waals surface area contributed by atoms with E-state index < -0.39 is 0 Å². The zero-order chi connectivity index (χ0) is 12.6. The number of benzene rings is 1. The molecule has 0 atom stereocenters. The van der Waals surface area contributed by atoms with Crippen molar-refractivity contribution in [3.05, 3.63) is 40.1 Å². The fourth-order valence-electron chi connectivity index (χ4n) is 1.40. The Morgan fingerprint density at radius 1 is 1.29 bits per heavy atom. The first-order chi connectivity index (χ1) is 7.88. The second-order valence-corrected chi connectivity index (χ2v) is 6.21. The second kappa shape index (κ2) is 4.39. The van der Waals surface area contributed by atoms with E-state index in [0.29, 0.717) is 15.6 Å². The monoisotopic (exact) mass is 269 g/mol. The van der Waals surface area contributed by atoms with Gasteiger partial charge in [-0.25, -0.2) is 9.37 Å². The van der Waals surface area contributed by atoms with E-state index in [2.05, 4.69) is 25.8 Å². The van der Waals surface area contributed by atoms with Crippen molar-refractivity contribution in [2.75, 3.05) is 0 Å². The lowest BCUT2D eigenvalue weighted by Gasteiger charge is -2.14. The van der Waals surface area contributed by atoms with Crippen LogP contribution in [-0.4, -0.2) is 4.98 Å². The Kier molecular flexibility index (Phi) is 3.23. The average Bonchev–Trinajstić information content (AvgIpc) is 2.70. The Hall–Kier alpha value is -0.930. The predicted molar refractivity (Wildman–Crippen MR) is 71.2 cm³/mol. The molecule has 0 amide bonds. The third-order valence-corrected chi connectivity index (χ3v) is 3.54. The molecule has 1 aromatic heterocycles. The van der Waals surface area contributed by atoms with Crippen molar-refractivity contribution in [1.82, 2.24) is 4.98 Å². The van der Waals surface area contributed by atoms with Gasteiger partial charge in [-0.3, -0.25) is 0 Å². The van der Waals surface area contributed by atoms with Crippen molar-refractivity contribution in [2.45, 2.75) is 26.2 Å². The molecule has 17 heavy (non-hydrogen) atoms. The zero-order valence-electron chi connectivity index (χ0n) is 9.92. The summed E-state index contributed by atoms with van der Waals surface area (Å²) in [6.45, 7) is 6.25. The third kappa shape index (κ3) is 2.67. The molecule has 0 spiro atoms. The molecular weight excluding hydrogens is 257 g/mol. The molecule has 0 aliphatic heterocycles. The van der Waals surface area contributed by atoms with Gasteiger partial charge in [-0.05, 0) is 18.2 Å². The maximum atomic E-state index is 13.7. The van der Waals surface area contributed by atoms with Gasteiger partial charge in [-0.1, -0.05) is 32.4 Å². The van der Waals surface area contributed by atoms with Crippen LogP contribution >= 0.6 is 22.9 Å². The molecule has 0 saturated carbocycles. The van der Waals surface area contributed by atoms with Crippen LogP contribution < -0.4 is 0 Å². The summed E-state index contributed by atoms with van der Waals surface area (Å²) in [5.41, 5.74) is 1.42. The van der Waals surface area contributed by atoms with Gasteiger partial charge in [0.05, 0.1) is 5.69 Å². The van der Waals surface area contributed by atoms with E-state index in [4.69, 9.17) is 11.6 Å². The van der Waals surface area contributed by atoms with Crippen molar-refractivity contribution in [3.8, 4) is 10.6 Å². The molecule has 0 saturated heterocycles. The lowest BCUT2D eigenvalue weighted by molar-refractivity contribution is 0.573. The molecular formula is C13H13ClFNS. The molecule has 1 nitrogen and oxygen atoms in total. The average molecular weight is 270 g/mol. The maximum absolute atomic E-state index is 13.7. The summed E-state index contributed by atoms with van der Waals surface area (Å²) in [6.07, 6.45) is 0. The molecule has 0 fully saturated rings. The topological polar surface area (TPSA) is 12.9 Å². The van der Waals surface area contributed by atoms with Gasteiger partial charge in [0.2, 0.25) is 0 Å². The summed E-state index contributed by atoms with van der Waals surface area (Å²) in [7, 11) is 0. The molecule has 0 aliphatic carbocycles. The molecule has 0 unspecified atom stereocenters. The number of halogens is 2. The molecule has 0 N–H and O–H groups in total. The number of rotatable bonds is 1. The maximum Gasteiger partial charge on any atom is 0.133 e. The van der Waals surface area contributed by atoms with Crippen LogP contribution in [0.25, 0.3) is 10.6 Å². The van der Waals surface area contributed by atoms with E-state index in [9.17, 15) is 4.39 Å². The van der Waals surface area contributed by atoms with Crippen LogP contribution in [-0.2, 0) is 5.41 Å². The Balaban J connectivity index is 2.47. The molecule has 4 heteroatoms. The van der Waals surface area contributed by atoms with E-state index in [0.717, 1.165) is 5.69 Å². The first-order valence-corrected chi connectivity index (χ1v) is 6.55. The van der Waals surface area contributed by atoms with Gasteiger partial charge in [0.1, 0.15) is 10.8 Å². The summed E-state index contributed by atoms with van der Waals surface area (Å²) < 4.78 is 13.7. The van der Waals surface area contributed by atoms with E-state index in [-0.39, 0.29) is 11.2 Å². The van der Waals surface area contributed by atoms with Crippen molar-refractivity contribution in [1.29, 1.82) is 0 Å². The smallest absolute Gasteiger partial charge is 0.133 e. The molecule has 90 valence electrons. The van der Waals surface area contributed by atoms with Crippen molar-refractivity contribution in [2.24, 2.45) is 0 Å². The number of thiazole rings is 1. The van der Waals surface area contributed by atoms with Crippen LogP contribution in [0.4, 0.5) is 4.39 Å². The standard InChI is InChI=1S/C13H13ClFNS/c1-13(2,3)11-7-17-12(16-11)9-6-8(14)4-5-10(9)15/h4-7H,1-3H3. The first-order valence-electron chi connectivity index (χ1n) is 5.29. The predicted octanol–water partition coefficient (Wildman–Crippen LogP) is 4.90. The molecule has 2 rings (SSSR count). The Bertz CT molecular complexity index is 543. The Morgan fingerprint density at radius 3 is 2.59 bits per heavy atom. The van der Waals surface area contributed by atoms with E-state index >= 15 is 0 Å². The molecule has 1 heterocycles. The summed E-state index contributed by atoms with van der Waals surface area (Å²) in [5.74, 6) is -0.288. The van der Waals surface area contributed by atoms with Crippen molar-refractivity contribution >= 4 is 22.9 Å². The van der Waals surface area contributed by atoms with Gasteiger partial charge in [0.25, 0.3) is 0 Å². The van der Waals surface area contributed by atoms with Crippen LogP contribution in [0, 0.1) is 5.82 Å². The van der Waals surface area contributed by atoms with E-state index in [1.165, 1.54) is 17.4 Å². The number of nitrogens with zero attached hydrogens (tertiary/aromatic N) is 1. The third-order valence-electron chi connectivity index (χ3n) is 2.43. The van der Waals surface area contributed by atoms with E-state index in [1.807, 2.05) is 5.38 Å². The fraction of sp³-hybridized carbons (Fsp3) is 0.308. The summed E-state index contributed by atoms with van der Waals surface area (Å²) in [4.78, 5) is 4.47. The van der Waals surface area contributed by atoms with Gasteiger partial charge in [-0.2, -0.15) is 0 Å². The largest absolute Gasteiger partial charge is 0.240 e. The Morgan fingerprint density at radius 2 is 2.00 bits per heavy atom. The quantitative estimate of drug-likeness (QED) is 0.717. The van der Waals surface area contributed by atoms with Crippen LogP contribution in [0.15, 0.2) is 23.6 Å². The zero-order valence-corrected chi connectivity index (χ0v) is 11.5. The number of hydrogen-bond donors (Lipinski definition) is 0. The number of hydrogen-bond acceptors (Lipinski definition) is 2. The summed E-state index contributed by atoms with van der Waals surface area (Å²) >= 11 is 7.32. The van der Waals surface area contributed by atoms with Gasteiger partial charge >= 0.3 is 0 Å². The highest BCUT2D eigenvalue weighted by atomic mass is 35.5. The highest BCUT2D eigenvalue weighted by Gasteiger charge is 2.19. The molecule has 0 radical (unpaired) electrons. The fourth-order valence-corrected chi connectivity index (χ4v) is 2.64. The van der Waals surface area contributed by atoms with Crippen LogP contribution in [0.1, 0.15) is 26.5 Å². The lowest BCUT2D eigenvalue weighted by Crippen LogP contribution is -2.11. The second-order valence-electron chi connectivity index (χ2n) is 4.91. The molecule has 0 aliphatic rings. The van der Waals surface area contributed by atoms with Crippen LogP contribution in [0.5, 0.6) is 0 Å². The summed E-state index contributed by atoms with van der Waals surface area (Å²) in [5, 5.41) is 3.17. The van der Waals surface area contributed by atoms with Crippen LogP contribution in [0.3, 0.4) is 0 Å². The van der Waals surface area contributed by atoms with Gasteiger partial charge in [0, 0.05) is 21.4 Å². The lowest BCUT2D eigenvalue weighted by atomic mass is 9.93. The molecule has 0 bridgehead atoms. The van der Waals surface area contributed by atoms with Crippen LogP contribution in [0.2, 0.25) is 5.02 Å². The minimum atomic E-state index is -0.288. The Labute approximate surface area is 109 Å². The van der Waals surface area contributed by atoms with Gasteiger partial charge in [-0.15, -0.1) is 11.3 Å². The minimum Gasteiger partial charge on any atom is -0.240 e. The first kappa shape index (κ1) is 12.5. The van der Waals surface area contributed by atoms with Gasteiger partial charge in [0.15, 0.2) is 0 Å². The normalized spacial score (nSPS) is 11.8. The highest BCUT2D eigenvalue weighted by Crippen LogP contribution is 2.32. The molecule has 2 aromatic rings. The van der Waals surface area contributed by atoms with Gasteiger partial charge < -0.3 is 0 Å².